The Kier molecular flexibility index (Phi) is 5.73. The Morgan fingerprint density at radius 3 is 2.63 bits per heavy atom. The Morgan fingerprint density at radius 2 is 1.93 bits per heavy atom. The number of ether oxygens (including phenoxy) is 2. The molecule has 0 spiro atoms. The molecule has 0 aromatic carbocycles. The van der Waals surface area contributed by atoms with Crippen molar-refractivity contribution in [3.05, 3.63) is 18.5 Å². The summed E-state index contributed by atoms with van der Waals surface area (Å²) in [6.07, 6.45) is 7.57. The minimum absolute atomic E-state index is 0.0730. The molecule has 0 unspecified atom stereocenters. The van der Waals surface area contributed by atoms with E-state index in [1.54, 1.807) is 6.20 Å². The van der Waals surface area contributed by atoms with E-state index in [1.165, 1.54) is 0 Å². The Hall–Kier alpha value is -1.93. The number of amides is 2. The van der Waals surface area contributed by atoms with Crippen LogP contribution in [0.5, 0.6) is 0 Å². The molecule has 0 saturated carbocycles. The quantitative estimate of drug-likeness (QED) is 0.778. The molecule has 4 rings (SSSR count). The van der Waals surface area contributed by atoms with Crippen LogP contribution in [-0.2, 0) is 19.1 Å². The standard InChI is InChI=1S/C19H28N4O4/c24-18-5-2-1-3-8-21(18)10-6-19(25)22-11-16-17(12-22)27-14-15(13-26-16)23-9-4-7-20-23/h4,7,9,15-17H,1-3,5-6,8,10-14H2/t16-,17-/m0/s1. The maximum absolute atomic E-state index is 12.6. The predicted octanol–water partition coefficient (Wildman–Crippen LogP) is 0.843. The van der Waals surface area contributed by atoms with Gasteiger partial charge in [-0.2, -0.15) is 5.10 Å². The Bertz CT molecular complexity index is 634. The largest absolute Gasteiger partial charge is 0.371 e. The molecular formula is C19H28N4O4. The number of aromatic nitrogens is 2. The summed E-state index contributed by atoms with van der Waals surface area (Å²) in [4.78, 5) is 28.4. The molecule has 1 aromatic heterocycles. The SMILES string of the molecule is O=C1CCCCCN1CCC(=O)N1C[C@@H]2OCC(n3cccn3)CO[C@H]2C1. The van der Waals surface area contributed by atoms with E-state index in [-0.39, 0.29) is 30.1 Å². The maximum atomic E-state index is 12.6. The lowest BCUT2D eigenvalue weighted by molar-refractivity contribution is -0.134. The number of hydrogen-bond donors (Lipinski definition) is 0. The second kappa shape index (κ2) is 8.39. The van der Waals surface area contributed by atoms with Gasteiger partial charge >= 0.3 is 0 Å². The molecule has 8 nitrogen and oxygen atoms in total. The molecule has 0 N–H and O–H groups in total. The average molecular weight is 376 g/mol. The van der Waals surface area contributed by atoms with Gasteiger partial charge in [0.2, 0.25) is 11.8 Å². The molecule has 0 radical (unpaired) electrons. The summed E-state index contributed by atoms with van der Waals surface area (Å²) < 4.78 is 13.9. The third kappa shape index (κ3) is 4.32. The summed E-state index contributed by atoms with van der Waals surface area (Å²) in [5, 5.41) is 4.26. The van der Waals surface area contributed by atoms with Crippen molar-refractivity contribution in [1.29, 1.82) is 0 Å². The van der Waals surface area contributed by atoms with Gasteiger partial charge in [-0.05, 0) is 18.9 Å². The number of carbonyl (C=O) groups is 2. The molecule has 1 aromatic rings. The van der Waals surface area contributed by atoms with Crippen LogP contribution in [-0.4, -0.2) is 83.0 Å². The number of likely N-dealkylation sites (tertiary alicyclic amines) is 2. The molecule has 0 aliphatic carbocycles. The van der Waals surface area contributed by atoms with Crippen LogP contribution in [0.15, 0.2) is 18.5 Å². The van der Waals surface area contributed by atoms with Gasteiger partial charge < -0.3 is 19.3 Å². The normalized spacial score (nSPS) is 27.3. The molecule has 3 fully saturated rings. The Balaban J connectivity index is 1.26. The molecule has 4 heterocycles. The van der Waals surface area contributed by atoms with Crippen LogP contribution in [0, 0.1) is 0 Å². The number of rotatable bonds is 4. The molecule has 2 atom stereocenters. The minimum Gasteiger partial charge on any atom is -0.371 e. The third-order valence-electron chi connectivity index (χ3n) is 5.74. The molecule has 3 aliphatic heterocycles. The van der Waals surface area contributed by atoms with E-state index in [4.69, 9.17) is 9.47 Å². The summed E-state index contributed by atoms with van der Waals surface area (Å²) in [5.41, 5.74) is 0. The van der Waals surface area contributed by atoms with Crippen LogP contribution in [0.25, 0.3) is 0 Å². The van der Waals surface area contributed by atoms with Crippen LogP contribution in [0.1, 0.15) is 38.1 Å². The van der Waals surface area contributed by atoms with Crippen LogP contribution in [0.2, 0.25) is 0 Å². The van der Waals surface area contributed by atoms with Crippen molar-refractivity contribution in [2.75, 3.05) is 39.4 Å². The predicted molar refractivity (Wildman–Crippen MR) is 97.0 cm³/mol. The van der Waals surface area contributed by atoms with Gasteiger partial charge in [-0.15, -0.1) is 0 Å². The van der Waals surface area contributed by atoms with Gasteiger partial charge in [0.15, 0.2) is 0 Å². The maximum Gasteiger partial charge on any atom is 0.224 e. The minimum atomic E-state index is -0.0886. The first-order valence-corrected chi connectivity index (χ1v) is 9.98. The smallest absolute Gasteiger partial charge is 0.224 e. The van der Waals surface area contributed by atoms with E-state index in [2.05, 4.69) is 5.10 Å². The third-order valence-corrected chi connectivity index (χ3v) is 5.74. The molecule has 3 saturated heterocycles. The topological polar surface area (TPSA) is 76.9 Å². The highest BCUT2D eigenvalue weighted by molar-refractivity contribution is 5.79. The van der Waals surface area contributed by atoms with E-state index in [1.807, 2.05) is 26.7 Å². The monoisotopic (exact) mass is 376 g/mol. The van der Waals surface area contributed by atoms with E-state index in [0.717, 1.165) is 25.8 Å². The van der Waals surface area contributed by atoms with Crippen LogP contribution in [0.3, 0.4) is 0 Å². The molecular weight excluding hydrogens is 348 g/mol. The highest BCUT2D eigenvalue weighted by Gasteiger charge is 2.39. The summed E-state index contributed by atoms with van der Waals surface area (Å²) >= 11 is 0. The van der Waals surface area contributed by atoms with Crippen molar-refractivity contribution in [3.63, 3.8) is 0 Å². The molecule has 8 heteroatoms. The van der Waals surface area contributed by atoms with Crippen molar-refractivity contribution in [1.82, 2.24) is 19.6 Å². The van der Waals surface area contributed by atoms with E-state index >= 15 is 0 Å². The van der Waals surface area contributed by atoms with Gasteiger partial charge in [0.05, 0.1) is 19.3 Å². The van der Waals surface area contributed by atoms with Crippen molar-refractivity contribution in [2.45, 2.75) is 50.4 Å². The lowest BCUT2D eigenvalue weighted by atomic mass is 10.2. The van der Waals surface area contributed by atoms with E-state index < -0.39 is 0 Å². The molecule has 148 valence electrons. The van der Waals surface area contributed by atoms with Crippen molar-refractivity contribution in [3.8, 4) is 0 Å². The lowest BCUT2D eigenvalue weighted by Gasteiger charge is -2.23. The van der Waals surface area contributed by atoms with Gasteiger partial charge in [-0.3, -0.25) is 14.3 Å². The van der Waals surface area contributed by atoms with Crippen LogP contribution >= 0.6 is 0 Å². The first-order valence-electron chi connectivity index (χ1n) is 9.98. The number of carbonyl (C=O) groups excluding carboxylic acids is 2. The summed E-state index contributed by atoms with van der Waals surface area (Å²) in [6.45, 7) is 3.48. The zero-order valence-electron chi connectivity index (χ0n) is 15.7. The molecule has 0 bridgehead atoms. The summed E-state index contributed by atoms with van der Waals surface area (Å²) in [7, 11) is 0. The fourth-order valence-electron chi connectivity index (χ4n) is 4.10. The van der Waals surface area contributed by atoms with E-state index in [0.29, 0.717) is 45.7 Å². The van der Waals surface area contributed by atoms with Crippen molar-refractivity contribution < 1.29 is 19.1 Å². The Morgan fingerprint density at radius 1 is 1.15 bits per heavy atom. The van der Waals surface area contributed by atoms with E-state index in [9.17, 15) is 9.59 Å². The number of nitrogens with zero attached hydrogens (tertiary/aromatic N) is 4. The number of fused-ring (bicyclic) bond motifs is 1. The van der Waals surface area contributed by atoms with Gasteiger partial charge in [0, 0.05) is 51.4 Å². The van der Waals surface area contributed by atoms with Crippen molar-refractivity contribution >= 4 is 11.8 Å². The van der Waals surface area contributed by atoms with Gasteiger partial charge in [-0.1, -0.05) is 6.42 Å². The van der Waals surface area contributed by atoms with Gasteiger partial charge in [-0.25, -0.2) is 0 Å². The zero-order valence-corrected chi connectivity index (χ0v) is 15.7. The first-order chi connectivity index (χ1) is 13.2. The molecule has 2 amide bonds. The summed E-state index contributed by atoms with van der Waals surface area (Å²) in [5.74, 6) is 0.263. The Labute approximate surface area is 159 Å². The second-order valence-electron chi connectivity index (χ2n) is 7.62. The van der Waals surface area contributed by atoms with Gasteiger partial charge in [0.1, 0.15) is 12.2 Å². The van der Waals surface area contributed by atoms with Crippen LogP contribution in [0.4, 0.5) is 0 Å². The molecule has 3 aliphatic rings. The highest BCUT2D eigenvalue weighted by Crippen LogP contribution is 2.24. The number of hydrogen-bond acceptors (Lipinski definition) is 5. The average Bonchev–Trinajstić information content (AvgIpc) is 3.25. The molecule has 27 heavy (non-hydrogen) atoms. The van der Waals surface area contributed by atoms with Crippen molar-refractivity contribution in [2.24, 2.45) is 0 Å². The summed E-state index contributed by atoms with van der Waals surface area (Å²) in [6, 6.07) is 1.96. The van der Waals surface area contributed by atoms with Gasteiger partial charge in [0.25, 0.3) is 0 Å². The fourth-order valence-corrected chi connectivity index (χ4v) is 4.10. The zero-order chi connectivity index (χ0) is 18.6. The second-order valence-corrected chi connectivity index (χ2v) is 7.62. The van der Waals surface area contributed by atoms with Crippen LogP contribution < -0.4 is 0 Å². The lowest BCUT2D eigenvalue weighted by Crippen LogP contribution is -2.37. The first kappa shape index (κ1) is 18.4. The fraction of sp³-hybridized carbons (Fsp3) is 0.737. The highest BCUT2D eigenvalue weighted by atomic mass is 16.6.